The van der Waals surface area contributed by atoms with E-state index >= 15 is 0 Å². The smallest absolute Gasteiger partial charge is 0.211 e. The fourth-order valence-electron chi connectivity index (χ4n) is 1.89. The van der Waals surface area contributed by atoms with Crippen LogP contribution in [0.1, 0.15) is 26.7 Å². The zero-order chi connectivity index (χ0) is 10.8. The molecule has 1 fully saturated rings. The lowest BCUT2D eigenvalue weighted by Gasteiger charge is -2.18. The molecule has 0 saturated heterocycles. The summed E-state index contributed by atoms with van der Waals surface area (Å²) in [6.07, 6.45) is 1.94. The molecule has 1 aliphatic rings. The number of nitrogens with zero attached hydrogens (tertiary/aromatic N) is 1. The van der Waals surface area contributed by atoms with Crippen molar-refractivity contribution in [2.75, 3.05) is 5.75 Å². The highest BCUT2D eigenvalue weighted by molar-refractivity contribution is 7.89. The van der Waals surface area contributed by atoms with Crippen LogP contribution in [0, 0.1) is 23.2 Å². The van der Waals surface area contributed by atoms with Crippen molar-refractivity contribution in [3.8, 4) is 6.07 Å². The molecular weight excluding hydrogens is 200 g/mol. The Morgan fingerprint density at radius 1 is 1.43 bits per heavy atom. The summed E-state index contributed by atoms with van der Waals surface area (Å²) in [4.78, 5) is 0. The molecule has 14 heavy (non-hydrogen) atoms. The lowest BCUT2D eigenvalue weighted by atomic mass is 9.98. The summed E-state index contributed by atoms with van der Waals surface area (Å²) in [6, 6.07) is 1.67. The van der Waals surface area contributed by atoms with Crippen LogP contribution in [-0.4, -0.2) is 20.2 Å². The lowest BCUT2D eigenvalue weighted by Crippen LogP contribution is -2.38. The second-order valence-corrected chi connectivity index (χ2v) is 5.81. The van der Waals surface area contributed by atoms with Gasteiger partial charge in [0.15, 0.2) is 5.75 Å². The molecule has 3 unspecified atom stereocenters. The first-order valence-corrected chi connectivity index (χ1v) is 6.48. The van der Waals surface area contributed by atoms with Gasteiger partial charge in [-0.2, -0.15) is 5.26 Å². The summed E-state index contributed by atoms with van der Waals surface area (Å²) < 4.78 is 25.2. The Morgan fingerprint density at radius 2 is 2.07 bits per heavy atom. The molecule has 80 valence electrons. The van der Waals surface area contributed by atoms with Gasteiger partial charge in [-0.1, -0.05) is 13.8 Å². The summed E-state index contributed by atoms with van der Waals surface area (Å²) in [5, 5.41) is 8.32. The average molecular weight is 216 g/mol. The van der Waals surface area contributed by atoms with Gasteiger partial charge in [-0.25, -0.2) is 13.1 Å². The van der Waals surface area contributed by atoms with Crippen LogP contribution >= 0.6 is 0 Å². The number of hydrogen-bond donors (Lipinski definition) is 1. The Balaban J connectivity index is 2.58. The third kappa shape index (κ3) is 2.69. The average Bonchev–Trinajstić information content (AvgIpc) is 2.35. The predicted octanol–water partition coefficient (Wildman–Crippen LogP) is 0.864. The third-order valence-electron chi connectivity index (χ3n) is 3.05. The Bertz CT molecular complexity index is 331. The van der Waals surface area contributed by atoms with E-state index in [1.165, 1.54) is 0 Å². The molecular formula is C9H16N2O2S. The van der Waals surface area contributed by atoms with Gasteiger partial charge in [0.05, 0.1) is 6.07 Å². The molecule has 5 heteroatoms. The minimum absolute atomic E-state index is 0.0170. The molecule has 0 bridgehead atoms. The minimum Gasteiger partial charge on any atom is -0.211 e. The molecule has 1 saturated carbocycles. The number of sulfonamides is 1. The third-order valence-corrected chi connectivity index (χ3v) is 4.22. The van der Waals surface area contributed by atoms with Gasteiger partial charge in [-0.15, -0.1) is 0 Å². The second kappa shape index (κ2) is 4.28. The van der Waals surface area contributed by atoms with Crippen LogP contribution in [0.4, 0.5) is 0 Å². The molecule has 0 aromatic rings. The van der Waals surface area contributed by atoms with Crippen molar-refractivity contribution in [2.24, 2.45) is 11.8 Å². The molecule has 0 aromatic carbocycles. The highest BCUT2D eigenvalue weighted by atomic mass is 32.2. The van der Waals surface area contributed by atoms with Crippen LogP contribution in [0.5, 0.6) is 0 Å². The fourth-order valence-corrected chi connectivity index (χ4v) is 2.94. The first-order valence-electron chi connectivity index (χ1n) is 4.83. The van der Waals surface area contributed by atoms with Crippen molar-refractivity contribution < 1.29 is 8.42 Å². The highest BCUT2D eigenvalue weighted by Crippen LogP contribution is 2.31. The highest BCUT2D eigenvalue weighted by Gasteiger charge is 2.32. The van der Waals surface area contributed by atoms with Crippen molar-refractivity contribution in [2.45, 2.75) is 32.7 Å². The zero-order valence-corrected chi connectivity index (χ0v) is 9.34. The number of rotatable bonds is 3. The summed E-state index contributed by atoms with van der Waals surface area (Å²) in [5.41, 5.74) is 0. The Hall–Kier alpha value is -0.600. The largest absolute Gasteiger partial charge is 0.225 e. The summed E-state index contributed by atoms with van der Waals surface area (Å²) in [7, 11) is -3.38. The monoisotopic (exact) mass is 216 g/mol. The summed E-state index contributed by atoms with van der Waals surface area (Å²) in [6.45, 7) is 4.18. The van der Waals surface area contributed by atoms with Crippen molar-refractivity contribution in [3.63, 3.8) is 0 Å². The number of nitrogens with one attached hydrogen (secondary N) is 1. The molecule has 0 aromatic heterocycles. The van der Waals surface area contributed by atoms with E-state index in [0.717, 1.165) is 12.8 Å². The van der Waals surface area contributed by atoms with Gasteiger partial charge < -0.3 is 0 Å². The van der Waals surface area contributed by atoms with Gasteiger partial charge in [-0.05, 0) is 24.7 Å². The van der Waals surface area contributed by atoms with Crippen molar-refractivity contribution in [3.05, 3.63) is 0 Å². The SMILES string of the molecule is CC1CCC(NS(=O)(=O)CC#N)C1C. The molecule has 1 rings (SSSR count). The van der Waals surface area contributed by atoms with Crippen LogP contribution in [0.25, 0.3) is 0 Å². The van der Waals surface area contributed by atoms with E-state index in [1.807, 2.05) is 0 Å². The predicted molar refractivity (Wildman–Crippen MR) is 53.9 cm³/mol. The van der Waals surface area contributed by atoms with Gasteiger partial charge >= 0.3 is 0 Å². The van der Waals surface area contributed by atoms with Gasteiger partial charge in [0.2, 0.25) is 10.0 Å². The maximum atomic E-state index is 11.3. The molecule has 0 spiro atoms. The Morgan fingerprint density at radius 3 is 2.50 bits per heavy atom. The molecule has 0 amide bonds. The number of hydrogen-bond acceptors (Lipinski definition) is 3. The van der Waals surface area contributed by atoms with Crippen LogP contribution in [0.15, 0.2) is 0 Å². The Labute approximate surface area is 85.4 Å². The number of nitriles is 1. The van der Waals surface area contributed by atoms with Crippen LogP contribution in [0.2, 0.25) is 0 Å². The summed E-state index contributed by atoms with van der Waals surface area (Å²) in [5.74, 6) is 0.484. The van der Waals surface area contributed by atoms with E-state index in [9.17, 15) is 8.42 Å². The Kier molecular flexibility index (Phi) is 3.51. The van der Waals surface area contributed by atoms with Gasteiger partial charge in [-0.3, -0.25) is 0 Å². The van der Waals surface area contributed by atoms with Gasteiger partial charge in [0.1, 0.15) is 0 Å². The zero-order valence-electron chi connectivity index (χ0n) is 8.53. The van der Waals surface area contributed by atoms with Gasteiger partial charge in [0, 0.05) is 6.04 Å². The van der Waals surface area contributed by atoms with E-state index < -0.39 is 15.8 Å². The van der Waals surface area contributed by atoms with Crippen LogP contribution < -0.4 is 4.72 Å². The minimum atomic E-state index is -3.38. The first kappa shape index (κ1) is 11.5. The van der Waals surface area contributed by atoms with E-state index in [-0.39, 0.29) is 6.04 Å². The van der Waals surface area contributed by atoms with Crippen molar-refractivity contribution in [1.82, 2.24) is 4.72 Å². The van der Waals surface area contributed by atoms with E-state index in [2.05, 4.69) is 18.6 Å². The second-order valence-electron chi connectivity index (χ2n) is 4.06. The molecule has 4 nitrogen and oxygen atoms in total. The fraction of sp³-hybridized carbons (Fsp3) is 0.889. The van der Waals surface area contributed by atoms with Crippen LogP contribution in [0.3, 0.4) is 0 Å². The maximum absolute atomic E-state index is 11.3. The molecule has 3 atom stereocenters. The van der Waals surface area contributed by atoms with E-state index in [4.69, 9.17) is 5.26 Å². The van der Waals surface area contributed by atoms with E-state index in [0.29, 0.717) is 11.8 Å². The van der Waals surface area contributed by atoms with Crippen molar-refractivity contribution in [1.29, 1.82) is 5.26 Å². The molecule has 1 aliphatic carbocycles. The quantitative estimate of drug-likeness (QED) is 0.760. The first-order chi connectivity index (χ1) is 6.46. The van der Waals surface area contributed by atoms with Crippen LogP contribution in [-0.2, 0) is 10.0 Å². The van der Waals surface area contributed by atoms with E-state index in [1.54, 1.807) is 6.07 Å². The molecule has 0 radical (unpaired) electrons. The standard InChI is InChI=1S/C9H16N2O2S/c1-7-3-4-9(8(7)2)11-14(12,13)6-5-10/h7-9,11H,3-4,6H2,1-2H3. The van der Waals surface area contributed by atoms with Crippen molar-refractivity contribution >= 4 is 10.0 Å². The normalized spacial score (nSPS) is 32.8. The molecule has 0 heterocycles. The molecule has 0 aliphatic heterocycles. The lowest BCUT2D eigenvalue weighted by molar-refractivity contribution is 0.402. The van der Waals surface area contributed by atoms with Gasteiger partial charge in [0.25, 0.3) is 0 Å². The topological polar surface area (TPSA) is 70.0 Å². The maximum Gasteiger partial charge on any atom is 0.225 e. The molecule has 1 N–H and O–H groups in total. The summed E-state index contributed by atoms with van der Waals surface area (Å²) >= 11 is 0.